The minimum atomic E-state index is -0.319. The maximum absolute atomic E-state index is 12.3. The first-order chi connectivity index (χ1) is 13.6. The van der Waals surface area contributed by atoms with Gasteiger partial charge in [-0.1, -0.05) is 11.8 Å². The molecule has 0 spiro atoms. The Hall–Kier alpha value is -2.72. The van der Waals surface area contributed by atoms with Crippen LogP contribution < -0.4 is 15.4 Å². The number of benzene rings is 1. The molecule has 1 unspecified atom stereocenters. The lowest BCUT2D eigenvalue weighted by atomic mass is 10.1. The first kappa shape index (κ1) is 18.6. The monoisotopic (exact) mass is 415 g/mol. The summed E-state index contributed by atoms with van der Waals surface area (Å²) in [5.41, 5.74) is 1.58. The molecule has 0 saturated carbocycles. The fourth-order valence-electron chi connectivity index (χ4n) is 2.73. The molecule has 2 amide bonds. The summed E-state index contributed by atoms with van der Waals surface area (Å²) < 4.78 is 6.94. The number of methoxy groups -OCH3 is 1. The van der Waals surface area contributed by atoms with Gasteiger partial charge in [-0.05, 0) is 18.2 Å². The molecule has 10 heteroatoms. The van der Waals surface area contributed by atoms with Crippen molar-refractivity contribution < 1.29 is 14.3 Å². The minimum absolute atomic E-state index is 0.0828. The maximum Gasteiger partial charge on any atom is 0.229 e. The lowest BCUT2D eigenvalue weighted by Gasteiger charge is -2.08. The molecule has 1 aromatic carbocycles. The van der Waals surface area contributed by atoms with Gasteiger partial charge >= 0.3 is 0 Å². The fourth-order valence-corrected chi connectivity index (χ4v) is 4.71. The summed E-state index contributed by atoms with van der Waals surface area (Å²) in [7, 11) is 1.58. The van der Waals surface area contributed by atoms with Crippen LogP contribution in [0.2, 0.25) is 0 Å². The predicted octanol–water partition coefficient (Wildman–Crippen LogP) is 2.46. The molecule has 3 heterocycles. The molecule has 2 N–H and O–H groups in total. The molecule has 0 radical (unpaired) electrons. The van der Waals surface area contributed by atoms with E-state index in [1.807, 2.05) is 18.2 Å². The Balaban J connectivity index is 1.41. The molecule has 0 bridgehead atoms. The summed E-state index contributed by atoms with van der Waals surface area (Å²) in [5, 5.41) is 5.56. The van der Waals surface area contributed by atoms with Crippen LogP contribution in [0.5, 0.6) is 5.75 Å². The van der Waals surface area contributed by atoms with Crippen molar-refractivity contribution in [2.75, 3.05) is 19.0 Å². The maximum atomic E-state index is 12.3. The van der Waals surface area contributed by atoms with E-state index in [-0.39, 0.29) is 24.2 Å². The van der Waals surface area contributed by atoms with Crippen molar-refractivity contribution in [3.8, 4) is 5.75 Å². The third-order valence-electron chi connectivity index (χ3n) is 4.23. The van der Waals surface area contributed by atoms with Crippen LogP contribution in [0, 0.1) is 5.92 Å². The molecule has 1 fully saturated rings. The van der Waals surface area contributed by atoms with E-state index in [0.717, 1.165) is 14.6 Å². The van der Waals surface area contributed by atoms with Gasteiger partial charge in [0.15, 0.2) is 10.1 Å². The normalized spacial score (nSPS) is 16.2. The fraction of sp³-hybridized carbons (Fsp3) is 0.278. The Morgan fingerprint density at radius 3 is 2.93 bits per heavy atom. The number of ether oxygens (including phenoxy) is 1. The number of nitrogens with one attached hydrogen (secondary N) is 2. The van der Waals surface area contributed by atoms with Crippen LogP contribution >= 0.6 is 23.1 Å². The van der Waals surface area contributed by atoms with Gasteiger partial charge in [0, 0.05) is 18.7 Å². The van der Waals surface area contributed by atoms with Gasteiger partial charge in [0.05, 0.1) is 41.4 Å². The van der Waals surface area contributed by atoms with E-state index in [2.05, 4.69) is 25.6 Å². The number of carbonyl (C=O) groups is 2. The van der Waals surface area contributed by atoms with Crippen molar-refractivity contribution in [1.82, 2.24) is 20.3 Å². The zero-order valence-corrected chi connectivity index (χ0v) is 16.6. The quantitative estimate of drug-likeness (QED) is 0.596. The molecule has 3 aromatic rings. The number of thioether (sulfide) groups is 1. The van der Waals surface area contributed by atoms with Crippen LogP contribution in [-0.2, 0) is 15.3 Å². The molecule has 144 valence electrons. The van der Waals surface area contributed by atoms with Crippen LogP contribution in [0.4, 0.5) is 5.69 Å². The zero-order chi connectivity index (χ0) is 19.5. The van der Waals surface area contributed by atoms with Crippen molar-refractivity contribution in [2.24, 2.45) is 5.92 Å². The molecule has 28 heavy (non-hydrogen) atoms. The van der Waals surface area contributed by atoms with E-state index < -0.39 is 0 Å². The third-order valence-corrected chi connectivity index (χ3v) is 6.38. The molecule has 1 aliphatic rings. The molecule has 8 nitrogen and oxygen atoms in total. The van der Waals surface area contributed by atoms with Crippen molar-refractivity contribution >= 4 is 50.8 Å². The van der Waals surface area contributed by atoms with Crippen LogP contribution in [0.1, 0.15) is 12.2 Å². The van der Waals surface area contributed by atoms with Gasteiger partial charge in [-0.15, -0.1) is 11.3 Å². The number of aromatic nitrogens is 3. The number of nitrogens with zero attached hydrogens (tertiary/aromatic N) is 3. The van der Waals surface area contributed by atoms with Gasteiger partial charge < -0.3 is 15.4 Å². The van der Waals surface area contributed by atoms with Crippen LogP contribution in [-0.4, -0.2) is 40.4 Å². The van der Waals surface area contributed by atoms with Gasteiger partial charge in [0.1, 0.15) is 5.82 Å². The second-order valence-electron chi connectivity index (χ2n) is 6.18. The van der Waals surface area contributed by atoms with Crippen LogP contribution in [0.25, 0.3) is 10.2 Å². The predicted molar refractivity (Wildman–Crippen MR) is 108 cm³/mol. The number of hydrogen-bond donors (Lipinski definition) is 2. The van der Waals surface area contributed by atoms with Gasteiger partial charge in [-0.2, -0.15) is 0 Å². The van der Waals surface area contributed by atoms with Gasteiger partial charge in [-0.3, -0.25) is 9.59 Å². The lowest BCUT2D eigenvalue weighted by molar-refractivity contribution is -0.123. The Morgan fingerprint density at radius 2 is 2.21 bits per heavy atom. The summed E-state index contributed by atoms with van der Waals surface area (Å²) in [6.07, 6.45) is 3.52. The number of hydrogen-bond acceptors (Lipinski definition) is 8. The summed E-state index contributed by atoms with van der Waals surface area (Å²) in [6, 6.07) is 5.61. The van der Waals surface area contributed by atoms with E-state index in [1.165, 1.54) is 0 Å². The average molecular weight is 416 g/mol. The highest BCUT2D eigenvalue weighted by atomic mass is 32.2. The first-order valence-corrected chi connectivity index (χ1v) is 10.4. The summed E-state index contributed by atoms with van der Waals surface area (Å²) in [4.78, 5) is 36.6. The van der Waals surface area contributed by atoms with E-state index in [0.29, 0.717) is 29.6 Å². The summed E-state index contributed by atoms with van der Waals surface area (Å²) >= 11 is 3.11. The number of rotatable bonds is 6. The zero-order valence-electron chi connectivity index (χ0n) is 15.0. The standard InChI is InChI=1S/C18H17N5O3S2/c1-26-12-7-19-15(20-8-12)9-27-18-23-13-3-2-11(5-14(13)28-18)22-17(25)10-4-16(24)21-6-10/h2-3,5,7-8,10H,4,6,9H2,1H3,(H,21,24)(H,22,25). The highest BCUT2D eigenvalue weighted by Crippen LogP contribution is 2.32. The summed E-state index contributed by atoms with van der Waals surface area (Å²) in [6.45, 7) is 0.391. The molecule has 4 rings (SSSR count). The SMILES string of the molecule is COc1cnc(CSc2nc3ccc(NC(=O)C4CNC(=O)C4)cc3s2)nc1. The molecule has 1 aliphatic heterocycles. The number of anilines is 1. The van der Waals surface area contributed by atoms with E-state index in [4.69, 9.17) is 4.74 Å². The molecular weight excluding hydrogens is 398 g/mol. The smallest absolute Gasteiger partial charge is 0.229 e. The largest absolute Gasteiger partial charge is 0.494 e. The second-order valence-corrected chi connectivity index (χ2v) is 8.44. The average Bonchev–Trinajstić information content (AvgIpc) is 3.32. The molecule has 1 atom stereocenters. The van der Waals surface area contributed by atoms with Crippen molar-refractivity contribution in [1.29, 1.82) is 0 Å². The number of fused-ring (bicyclic) bond motifs is 1. The van der Waals surface area contributed by atoms with Crippen molar-refractivity contribution in [2.45, 2.75) is 16.5 Å². The second kappa shape index (κ2) is 8.11. The van der Waals surface area contributed by atoms with Gasteiger partial charge in [0.25, 0.3) is 0 Å². The third kappa shape index (κ3) is 4.23. The molecule has 1 saturated heterocycles. The Morgan fingerprint density at radius 1 is 1.39 bits per heavy atom. The van der Waals surface area contributed by atoms with E-state index in [1.54, 1.807) is 42.6 Å². The summed E-state index contributed by atoms with van der Waals surface area (Å²) in [5.74, 6) is 1.39. The van der Waals surface area contributed by atoms with Crippen LogP contribution in [0.3, 0.4) is 0 Å². The highest BCUT2D eigenvalue weighted by molar-refractivity contribution is 8.00. The first-order valence-electron chi connectivity index (χ1n) is 8.56. The molecule has 2 aromatic heterocycles. The Kier molecular flexibility index (Phi) is 5.40. The van der Waals surface area contributed by atoms with Crippen molar-refractivity contribution in [3.63, 3.8) is 0 Å². The van der Waals surface area contributed by atoms with E-state index >= 15 is 0 Å². The van der Waals surface area contributed by atoms with Gasteiger partial charge in [0.2, 0.25) is 11.8 Å². The Labute approximate surface area is 169 Å². The number of amides is 2. The highest BCUT2D eigenvalue weighted by Gasteiger charge is 2.27. The van der Waals surface area contributed by atoms with E-state index in [9.17, 15) is 9.59 Å². The topological polar surface area (TPSA) is 106 Å². The molecular formula is C18H17N5O3S2. The number of carbonyl (C=O) groups excluding carboxylic acids is 2. The van der Waals surface area contributed by atoms with Gasteiger partial charge in [-0.25, -0.2) is 15.0 Å². The van der Waals surface area contributed by atoms with Crippen LogP contribution in [0.15, 0.2) is 34.9 Å². The van der Waals surface area contributed by atoms with Crippen molar-refractivity contribution in [3.05, 3.63) is 36.4 Å². The minimum Gasteiger partial charge on any atom is -0.494 e. The number of thiazole rings is 1. The lowest BCUT2D eigenvalue weighted by Crippen LogP contribution is -2.24. The Bertz CT molecular complexity index is 1020. The molecule has 0 aliphatic carbocycles.